The first kappa shape index (κ1) is 15.1. The molecule has 0 radical (unpaired) electrons. The molecule has 0 unspecified atom stereocenters. The summed E-state index contributed by atoms with van der Waals surface area (Å²) in [4.78, 5) is 12.4. The number of ketones is 1. The fourth-order valence-electron chi connectivity index (χ4n) is 6.95. The minimum absolute atomic E-state index is 0.0735. The average molecular weight is 310 g/mol. The lowest BCUT2D eigenvalue weighted by Gasteiger charge is -2.60. The average Bonchev–Trinajstić information content (AvgIpc) is 2.76. The number of fused-ring (bicyclic) bond motifs is 5. The van der Waals surface area contributed by atoms with Crippen LogP contribution in [0.5, 0.6) is 0 Å². The van der Waals surface area contributed by atoms with Crippen LogP contribution >= 0.6 is 0 Å². The van der Waals surface area contributed by atoms with E-state index < -0.39 is 5.92 Å². The minimum Gasteiger partial charge on any atom is -0.299 e. The molecule has 3 heteroatoms. The standard InChI is InChI=1S/C19H28F2O/c1-17-9-10-19(20,21)11-12(17)3-4-13-14-5-6-16(22)18(14,2)8-7-15(13)17/h12-15H,3-11H2,1-2H3/t12-,13+,14-,15+,17-,18-/m0/s1. The van der Waals surface area contributed by atoms with E-state index in [-0.39, 0.29) is 29.6 Å². The molecule has 0 spiro atoms. The quantitative estimate of drug-likeness (QED) is 0.598. The summed E-state index contributed by atoms with van der Waals surface area (Å²) in [5.41, 5.74) is 0.000528. The summed E-state index contributed by atoms with van der Waals surface area (Å²) in [5, 5.41) is 0. The van der Waals surface area contributed by atoms with Crippen LogP contribution in [0.2, 0.25) is 0 Å². The number of carbonyl (C=O) groups excluding carboxylic acids is 1. The topological polar surface area (TPSA) is 17.1 Å². The summed E-state index contributed by atoms with van der Waals surface area (Å²) in [5.74, 6) is -0.0652. The van der Waals surface area contributed by atoms with Crippen molar-refractivity contribution >= 4 is 5.78 Å². The maximum absolute atomic E-state index is 13.9. The third kappa shape index (κ3) is 1.89. The van der Waals surface area contributed by atoms with Gasteiger partial charge in [0.15, 0.2) is 0 Å². The van der Waals surface area contributed by atoms with Crippen LogP contribution in [0.3, 0.4) is 0 Å². The summed E-state index contributed by atoms with van der Waals surface area (Å²) in [6.07, 6.45) is 6.78. The lowest BCUT2D eigenvalue weighted by Crippen LogP contribution is -2.54. The first-order valence-electron chi connectivity index (χ1n) is 9.17. The van der Waals surface area contributed by atoms with E-state index in [1.165, 1.54) is 0 Å². The molecule has 1 nitrogen and oxygen atoms in total. The number of rotatable bonds is 0. The van der Waals surface area contributed by atoms with E-state index in [0.29, 0.717) is 30.0 Å². The van der Waals surface area contributed by atoms with Gasteiger partial charge in [-0.3, -0.25) is 4.79 Å². The molecule has 4 fully saturated rings. The Labute approximate surface area is 132 Å². The largest absolute Gasteiger partial charge is 0.299 e. The first-order valence-corrected chi connectivity index (χ1v) is 9.17. The number of hydrogen-bond donors (Lipinski definition) is 0. The van der Waals surface area contributed by atoms with E-state index in [9.17, 15) is 13.6 Å². The Morgan fingerprint density at radius 3 is 2.50 bits per heavy atom. The normalized spacial score (nSPS) is 53.5. The molecule has 0 aromatic carbocycles. The molecule has 22 heavy (non-hydrogen) atoms. The minimum atomic E-state index is -2.44. The first-order chi connectivity index (χ1) is 10.3. The van der Waals surface area contributed by atoms with Crippen LogP contribution in [0.25, 0.3) is 0 Å². The number of halogens is 2. The number of alkyl halides is 2. The van der Waals surface area contributed by atoms with Gasteiger partial charge in [-0.15, -0.1) is 0 Å². The molecule has 0 aliphatic heterocycles. The maximum Gasteiger partial charge on any atom is 0.248 e. The number of Topliss-reactive ketones (excluding diaryl/α,β-unsaturated/α-hetero) is 1. The Bertz CT molecular complexity index is 502. The predicted molar refractivity (Wildman–Crippen MR) is 81.7 cm³/mol. The van der Waals surface area contributed by atoms with E-state index in [4.69, 9.17) is 0 Å². The van der Waals surface area contributed by atoms with Gasteiger partial charge in [-0.05, 0) is 67.6 Å². The molecule has 0 saturated heterocycles. The van der Waals surface area contributed by atoms with Crippen LogP contribution in [-0.4, -0.2) is 11.7 Å². The molecule has 124 valence electrons. The van der Waals surface area contributed by atoms with Gasteiger partial charge in [0.1, 0.15) is 5.78 Å². The van der Waals surface area contributed by atoms with Crippen molar-refractivity contribution in [2.75, 3.05) is 0 Å². The molecule has 6 atom stereocenters. The fraction of sp³-hybridized carbons (Fsp3) is 0.947. The summed E-state index contributed by atoms with van der Waals surface area (Å²) in [6, 6.07) is 0. The van der Waals surface area contributed by atoms with Crippen molar-refractivity contribution in [3.05, 3.63) is 0 Å². The molecule has 4 rings (SSSR count). The second-order valence-corrected chi connectivity index (χ2v) is 9.14. The van der Waals surface area contributed by atoms with Gasteiger partial charge >= 0.3 is 0 Å². The zero-order valence-corrected chi connectivity index (χ0v) is 13.8. The molecule has 4 aliphatic carbocycles. The van der Waals surface area contributed by atoms with Gasteiger partial charge < -0.3 is 0 Å². The molecule has 0 amide bonds. The Kier molecular flexibility index (Phi) is 3.11. The Morgan fingerprint density at radius 1 is 0.955 bits per heavy atom. The van der Waals surface area contributed by atoms with Crippen molar-refractivity contribution in [1.82, 2.24) is 0 Å². The molecule has 4 aliphatic rings. The van der Waals surface area contributed by atoms with Crippen molar-refractivity contribution in [1.29, 1.82) is 0 Å². The van der Waals surface area contributed by atoms with Gasteiger partial charge in [0.05, 0.1) is 0 Å². The van der Waals surface area contributed by atoms with Crippen LogP contribution in [-0.2, 0) is 4.79 Å². The Morgan fingerprint density at radius 2 is 1.73 bits per heavy atom. The molecular weight excluding hydrogens is 282 g/mol. The summed E-state index contributed by atoms with van der Waals surface area (Å²) in [7, 11) is 0. The second-order valence-electron chi connectivity index (χ2n) is 9.14. The zero-order chi connectivity index (χ0) is 15.8. The summed E-state index contributed by atoms with van der Waals surface area (Å²) in [6.45, 7) is 4.48. The Balaban J connectivity index is 1.63. The molecular formula is C19H28F2O. The van der Waals surface area contributed by atoms with Crippen molar-refractivity contribution < 1.29 is 13.6 Å². The lowest BCUT2D eigenvalue weighted by molar-refractivity contribution is -0.163. The zero-order valence-electron chi connectivity index (χ0n) is 13.8. The highest BCUT2D eigenvalue weighted by molar-refractivity contribution is 5.87. The highest BCUT2D eigenvalue weighted by atomic mass is 19.3. The smallest absolute Gasteiger partial charge is 0.248 e. The molecule has 0 bridgehead atoms. The van der Waals surface area contributed by atoms with Crippen molar-refractivity contribution in [2.24, 2.45) is 34.5 Å². The van der Waals surface area contributed by atoms with Gasteiger partial charge in [-0.2, -0.15) is 0 Å². The number of hydrogen-bond acceptors (Lipinski definition) is 1. The van der Waals surface area contributed by atoms with Crippen LogP contribution in [0.1, 0.15) is 71.6 Å². The third-order valence-electron chi connectivity index (χ3n) is 8.35. The molecule has 0 heterocycles. The second kappa shape index (κ2) is 4.54. The van der Waals surface area contributed by atoms with Crippen LogP contribution in [0.4, 0.5) is 8.78 Å². The number of carbonyl (C=O) groups is 1. The highest BCUT2D eigenvalue weighted by Gasteiger charge is 2.61. The van der Waals surface area contributed by atoms with Crippen LogP contribution < -0.4 is 0 Å². The van der Waals surface area contributed by atoms with E-state index in [1.54, 1.807) is 0 Å². The van der Waals surface area contributed by atoms with E-state index >= 15 is 0 Å². The Hall–Kier alpha value is -0.470. The van der Waals surface area contributed by atoms with Crippen LogP contribution in [0, 0.1) is 34.5 Å². The van der Waals surface area contributed by atoms with Crippen molar-refractivity contribution in [2.45, 2.75) is 77.6 Å². The highest BCUT2D eigenvalue weighted by Crippen LogP contribution is 2.66. The molecule has 0 aromatic heterocycles. The van der Waals surface area contributed by atoms with Gasteiger partial charge in [-0.1, -0.05) is 13.8 Å². The van der Waals surface area contributed by atoms with Gasteiger partial charge in [0.2, 0.25) is 5.92 Å². The molecule has 0 N–H and O–H groups in total. The lowest BCUT2D eigenvalue weighted by atomic mass is 9.45. The van der Waals surface area contributed by atoms with Crippen molar-refractivity contribution in [3.63, 3.8) is 0 Å². The summed E-state index contributed by atoms with van der Waals surface area (Å²) < 4.78 is 27.7. The van der Waals surface area contributed by atoms with E-state index in [2.05, 4.69) is 13.8 Å². The van der Waals surface area contributed by atoms with Crippen molar-refractivity contribution in [3.8, 4) is 0 Å². The van der Waals surface area contributed by atoms with Gasteiger partial charge in [0, 0.05) is 24.7 Å². The van der Waals surface area contributed by atoms with Gasteiger partial charge in [0.25, 0.3) is 0 Å². The monoisotopic (exact) mass is 310 g/mol. The van der Waals surface area contributed by atoms with E-state index in [1.807, 2.05) is 0 Å². The maximum atomic E-state index is 13.9. The summed E-state index contributed by atoms with van der Waals surface area (Å²) >= 11 is 0. The predicted octanol–water partition coefficient (Wildman–Crippen LogP) is 5.23. The van der Waals surface area contributed by atoms with Gasteiger partial charge in [-0.25, -0.2) is 8.78 Å². The molecule has 4 saturated carbocycles. The SMILES string of the molecule is C[C@]12CCC(F)(F)C[C@@H]1CC[C@H]1[C@H]2CC[C@]2(C)C(=O)CC[C@@H]12. The fourth-order valence-corrected chi connectivity index (χ4v) is 6.95. The third-order valence-corrected chi connectivity index (χ3v) is 8.35. The van der Waals surface area contributed by atoms with E-state index in [0.717, 1.165) is 38.5 Å². The molecule has 0 aromatic rings. The van der Waals surface area contributed by atoms with Crippen LogP contribution in [0.15, 0.2) is 0 Å².